The van der Waals surface area contributed by atoms with E-state index in [-0.39, 0.29) is 33.4 Å². The highest BCUT2D eigenvalue weighted by Crippen LogP contribution is 2.16. The Hall–Kier alpha value is -4.12. The van der Waals surface area contributed by atoms with Gasteiger partial charge in [0.25, 0.3) is 0 Å². The lowest BCUT2D eigenvalue weighted by Gasteiger charge is -2.04. The Morgan fingerprint density at radius 3 is 1.50 bits per heavy atom. The Morgan fingerprint density at radius 2 is 1.12 bits per heavy atom. The summed E-state index contributed by atoms with van der Waals surface area (Å²) in [4.78, 5) is 44.7. The topological polar surface area (TPSA) is 149 Å². The minimum Gasteiger partial charge on any atom is -0.478 e. The molecule has 0 saturated carbocycles. The molecule has 0 aliphatic heterocycles. The second kappa shape index (κ2) is 7.19. The average molecular weight is 354 g/mol. The van der Waals surface area contributed by atoms with Gasteiger partial charge in [-0.2, -0.15) is 0 Å². The molecule has 26 heavy (non-hydrogen) atoms. The zero-order valence-corrected chi connectivity index (χ0v) is 12.9. The van der Waals surface area contributed by atoms with Gasteiger partial charge in [-0.05, 0) is 30.3 Å². The summed E-state index contributed by atoms with van der Waals surface area (Å²) in [7, 11) is 0. The second-order valence-electron chi connectivity index (χ2n) is 5.00. The van der Waals surface area contributed by atoms with Gasteiger partial charge in [-0.1, -0.05) is 17.9 Å². The summed E-state index contributed by atoms with van der Waals surface area (Å²) in [6.45, 7) is 0. The monoisotopic (exact) mass is 354 g/mol. The maximum atomic E-state index is 11.3. The fourth-order valence-electron chi connectivity index (χ4n) is 2.12. The van der Waals surface area contributed by atoms with E-state index in [9.17, 15) is 29.4 Å². The van der Waals surface area contributed by atoms with Crippen LogP contribution in [-0.2, 0) is 0 Å². The number of rotatable bonds is 4. The van der Waals surface area contributed by atoms with E-state index < -0.39 is 23.9 Å². The molecule has 0 spiro atoms. The van der Waals surface area contributed by atoms with Crippen molar-refractivity contribution in [3.05, 3.63) is 69.8 Å². The number of benzene rings is 2. The van der Waals surface area contributed by atoms with E-state index in [1.165, 1.54) is 18.2 Å². The van der Waals surface area contributed by atoms with E-state index in [0.29, 0.717) is 0 Å². The van der Waals surface area contributed by atoms with Crippen LogP contribution in [-0.4, -0.2) is 44.3 Å². The average Bonchev–Trinajstić information content (AvgIpc) is 2.58. The van der Waals surface area contributed by atoms with Gasteiger partial charge in [0, 0.05) is 5.56 Å². The van der Waals surface area contributed by atoms with Crippen LogP contribution in [0.25, 0.3) is 0 Å². The highest BCUT2D eigenvalue weighted by molar-refractivity contribution is 5.98. The van der Waals surface area contributed by atoms with Crippen molar-refractivity contribution in [2.75, 3.05) is 0 Å². The summed E-state index contributed by atoms with van der Waals surface area (Å²) in [5, 5.41) is 36.4. The Labute approximate surface area is 146 Å². The number of carbonyl (C=O) groups is 4. The lowest BCUT2D eigenvalue weighted by Crippen LogP contribution is -2.07. The molecular formula is C18H10O8. The Balaban J connectivity index is 2.67. The predicted octanol–water partition coefficient (Wildman–Crippen LogP) is 1.88. The Bertz CT molecular complexity index is 943. The summed E-state index contributed by atoms with van der Waals surface area (Å²) in [5.41, 5.74) is -1.61. The number of carboxylic acid groups (broad SMARTS) is 4. The molecule has 0 aliphatic carbocycles. The normalized spacial score (nSPS) is 9.69. The van der Waals surface area contributed by atoms with Crippen LogP contribution in [0.4, 0.5) is 0 Å². The Kier molecular flexibility index (Phi) is 5.04. The van der Waals surface area contributed by atoms with Gasteiger partial charge in [-0.15, -0.1) is 0 Å². The summed E-state index contributed by atoms with van der Waals surface area (Å²) in [6.07, 6.45) is 0. The lowest BCUT2D eigenvalue weighted by atomic mass is 10.00. The third-order valence-electron chi connectivity index (χ3n) is 3.28. The first-order valence-electron chi connectivity index (χ1n) is 6.94. The summed E-state index contributed by atoms with van der Waals surface area (Å²) in [6, 6.07) is 6.76. The van der Waals surface area contributed by atoms with E-state index in [1.54, 1.807) is 0 Å². The van der Waals surface area contributed by atoms with E-state index in [2.05, 4.69) is 11.8 Å². The molecule has 130 valence electrons. The fourth-order valence-corrected chi connectivity index (χ4v) is 2.12. The number of carboxylic acids is 4. The standard InChI is InChI=1S/C18H10O8/c19-15(20)10-6-9(7-11(8-10)16(21)22)4-5-12-13(17(23)24)2-1-3-14(12)18(25)26/h1-3,6-8H,(H,19,20)(H,21,22)(H,23,24)(H,25,26). The van der Waals surface area contributed by atoms with E-state index in [0.717, 1.165) is 18.2 Å². The van der Waals surface area contributed by atoms with Crippen LogP contribution in [0.5, 0.6) is 0 Å². The quantitative estimate of drug-likeness (QED) is 0.608. The molecule has 2 aromatic rings. The van der Waals surface area contributed by atoms with Gasteiger partial charge in [-0.25, -0.2) is 19.2 Å². The van der Waals surface area contributed by atoms with Crippen molar-refractivity contribution < 1.29 is 39.6 Å². The number of aromatic carboxylic acids is 4. The molecule has 0 bridgehead atoms. The molecule has 0 aromatic heterocycles. The first kappa shape index (κ1) is 18.2. The largest absolute Gasteiger partial charge is 0.478 e. The molecule has 2 rings (SSSR count). The predicted molar refractivity (Wildman–Crippen MR) is 86.7 cm³/mol. The van der Waals surface area contributed by atoms with Crippen LogP contribution >= 0.6 is 0 Å². The summed E-state index contributed by atoms with van der Waals surface area (Å²) < 4.78 is 0. The molecule has 0 fully saturated rings. The first-order valence-corrected chi connectivity index (χ1v) is 6.94. The van der Waals surface area contributed by atoms with Gasteiger partial charge in [0.2, 0.25) is 0 Å². The molecular weight excluding hydrogens is 344 g/mol. The zero-order valence-electron chi connectivity index (χ0n) is 12.9. The van der Waals surface area contributed by atoms with Gasteiger partial charge in [-0.3, -0.25) is 0 Å². The van der Waals surface area contributed by atoms with Crippen molar-refractivity contribution in [2.45, 2.75) is 0 Å². The van der Waals surface area contributed by atoms with Crippen molar-refractivity contribution in [2.24, 2.45) is 0 Å². The van der Waals surface area contributed by atoms with Crippen molar-refractivity contribution in [3.8, 4) is 11.8 Å². The lowest BCUT2D eigenvalue weighted by molar-refractivity contribution is 0.0676. The van der Waals surface area contributed by atoms with Gasteiger partial charge in [0.15, 0.2) is 0 Å². The summed E-state index contributed by atoms with van der Waals surface area (Å²) in [5.74, 6) is -0.673. The highest BCUT2D eigenvalue weighted by Gasteiger charge is 2.17. The van der Waals surface area contributed by atoms with E-state index >= 15 is 0 Å². The Morgan fingerprint density at radius 1 is 0.654 bits per heavy atom. The molecule has 0 amide bonds. The van der Waals surface area contributed by atoms with Crippen molar-refractivity contribution in [3.63, 3.8) is 0 Å². The minimum atomic E-state index is -1.39. The van der Waals surface area contributed by atoms with Crippen LogP contribution in [0.3, 0.4) is 0 Å². The van der Waals surface area contributed by atoms with Gasteiger partial charge < -0.3 is 20.4 Å². The number of hydrogen-bond donors (Lipinski definition) is 4. The third kappa shape index (κ3) is 3.85. The molecule has 2 aromatic carbocycles. The highest BCUT2D eigenvalue weighted by atomic mass is 16.4. The van der Waals surface area contributed by atoms with Gasteiger partial charge in [0.05, 0.1) is 27.8 Å². The van der Waals surface area contributed by atoms with Crippen LogP contribution in [0, 0.1) is 11.8 Å². The molecule has 0 aliphatic rings. The molecule has 0 atom stereocenters. The SMILES string of the molecule is O=C(O)c1cc(C#Cc2c(C(=O)O)cccc2C(=O)O)cc(C(=O)O)c1. The maximum absolute atomic E-state index is 11.3. The number of hydrogen-bond acceptors (Lipinski definition) is 4. The second-order valence-corrected chi connectivity index (χ2v) is 5.00. The smallest absolute Gasteiger partial charge is 0.336 e. The zero-order chi connectivity index (χ0) is 19.4. The van der Waals surface area contributed by atoms with Crippen LogP contribution < -0.4 is 0 Å². The molecule has 4 N–H and O–H groups in total. The van der Waals surface area contributed by atoms with Crippen molar-refractivity contribution >= 4 is 23.9 Å². The van der Waals surface area contributed by atoms with Crippen LogP contribution in [0.15, 0.2) is 36.4 Å². The van der Waals surface area contributed by atoms with E-state index in [4.69, 9.17) is 10.2 Å². The third-order valence-corrected chi connectivity index (χ3v) is 3.28. The summed E-state index contributed by atoms with van der Waals surface area (Å²) >= 11 is 0. The molecule has 8 nitrogen and oxygen atoms in total. The fraction of sp³-hybridized carbons (Fsp3) is 0. The van der Waals surface area contributed by atoms with Crippen LogP contribution in [0.1, 0.15) is 52.6 Å². The minimum absolute atomic E-state index is 0.0150. The van der Waals surface area contributed by atoms with Crippen LogP contribution in [0.2, 0.25) is 0 Å². The van der Waals surface area contributed by atoms with Crippen molar-refractivity contribution in [1.29, 1.82) is 0 Å². The molecule has 0 radical (unpaired) electrons. The molecule has 0 heterocycles. The van der Waals surface area contributed by atoms with Gasteiger partial charge >= 0.3 is 23.9 Å². The van der Waals surface area contributed by atoms with Gasteiger partial charge in [0.1, 0.15) is 0 Å². The first-order chi connectivity index (χ1) is 12.2. The van der Waals surface area contributed by atoms with Crippen molar-refractivity contribution in [1.82, 2.24) is 0 Å². The molecule has 0 saturated heterocycles. The molecule has 8 heteroatoms. The maximum Gasteiger partial charge on any atom is 0.336 e. The van der Waals surface area contributed by atoms with E-state index in [1.807, 2.05) is 0 Å². The molecule has 0 unspecified atom stereocenters.